The number of fused-ring (bicyclic) bond motifs is 1. The Kier molecular flexibility index (Phi) is 4.70. The fourth-order valence-corrected chi connectivity index (χ4v) is 2.87. The molecule has 1 aliphatic heterocycles. The first-order valence-electron chi connectivity index (χ1n) is 7.73. The van der Waals surface area contributed by atoms with Gasteiger partial charge in [0.15, 0.2) is 0 Å². The lowest BCUT2D eigenvalue weighted by Gasteiger charge is -2.32. The van der Waals surface area contributed by atoms with Crippen LogP contribution < -0.4 is 10.9 Å². The van der Waals surface area contributed by atoms with E-state index in [1.807, 2.05) is 18.2 Å². The molecular weight excluding hydrogens is 280 g/mol. The minimum absolute atomic E-state index is 0.0920. The molecule has 1 fully saturated rings. The summed E-state index contributed by atoms with van der Waals surface area (Å²) in [4.78, 5) is 21.8. The van der Waals surface area contributed by atoms with Crippen LogP contribution in [0.4, 0.5) is 5.95 Å². The van der Waals surface area contributed by atoms with Crippen LogP contribution in [0.1, 0.15) is 12.8 Å². The fraction of sp³-hybridized carbons (Fsp3) is 0.500. The summed E-state index contributed by atoms with van der Waals surface area (Å²) in [6, 6.07) is 7.75. The number of para-hydroxylation sites is 1. The molecule has 3 rings (SSSR count). The van der Waals surface area contributed by atoms with Crippen molar-refractivity contribution in [3.05, 3.63) is 34.6 Å². The molecule has 0 saturated carbocycles. The van der Waals surface area contributed by atoms with E-state index in [0.29, 0.717) is 17.4 Å². The molecule has 2 heterocycles. The number of nitrogens with one attached hydrogen (secondary N) is 2. The van der Waals surface area contributed by atoms with Crippen molar-refractivity contribution in [2.45, 2.75) is 18.9 Å². The summed E-state index contributed by atoms with van der Waals surface area (Å²) >= 11 is 0. The van der Waals surface area contributed by atoms with Crippen LogP contribution in [0.25, 0.3) is 10.9 Å². The van der Waals surface area contributed by atoms with Crippen molar-refractivity contribution in [1.82, 2.24) is 14.9 Å². The molecule has 2 aromatic rings. The average molecular weight is 302 g/mol. The maximum atomic E-state index is 12.1. The van der Waals surface area contributed by atoms with E-state index < -0.39 is 0 Å². The van der Waals surface area contributed by atoms with Crippen LogP contribution in [0, 0.1) is 0 Å². The van der Waals surface area contributed by atoms with Gasteiger partial charge in [0, 0.05) is 32.8 Å². The summed E-state index contributed by atoms with van der Waals surface area (Å²) in [7, 11) is 1.73. The molecule has 0 bridgehead atoms. The van der Waals surface area contributed by atoms with Crippen LogP contribution in [0.3, 0.4) is 0 Å². The number of aromatic nitrogens is 2. The molecule has 0 aliphatic carbocycles. The molecule has 2 N–H and O–H groups in total. The average Bonchev–Trinajstić information content (AvgIpc) is 2.54. The van der Waals surface area contributed by atoms with E-state index in [0.717, 1.165) is 44.6 Å². The number of ether oxygens (including phenoxy) is 1. The van der Waals surface area contributed by atoms with Crippen molar-refractivity contribution in [2.75, 3.05) is 38.7 Å². The fourth-order valence-electron chi connectivity index (χ4n) is 2.87. The molecular formula is C16H22N4O2. The number of nitrogens with zero attached hydrogens (tertiary/aromatic N) is 2. The van der Waals surface area contributed by atoms with Gasteiger partial charge in [0.05, 0.1) is 17.5 Å². The van der Waals surface area contributed by atoms with E-state index >= 15 is 0 Å². The Balaban J connectivity index is 1.63. The zero-order valence-electron chi connectivity index (χ0n) is 12.8. The molecule has 6 heteroatoms. The Bertz CT molecular complexity index is 677. The second kappa shape index (κ2) is 6.89. The van der Waals surface area contributed by atoms with Crippen molar-refractivity contribution in [2.24, 2.45) is 0 Å². The minimum atomic E-state index is -0.0920. The molecule has 0 unspecified atom stereocenters. The van der Waals surface area contributed by atoms with Crippen LogP contribution in [0.15, 0.2) is 29.1 Å². The second-order valence-electron chi connectivity index (χ2n) is 5.68. The Morgan fingerprint density at radius 3 is 2.91 bits per heavy atom. The van der Waals surface area contributed by atoms with E-state index in [2.05, 4.69) is 20.2 Å². The summed E-state index contributed by atoms with van der Waals surface area (Å²) in [5, 5.41) is 3.99. The molecule has 1 aromatic heterocycles. The molecule has 1 saturated heterocycles. The van der Waals surface area contributed by atoms with Crippen molar-refractivity contribution in [3.63, 3.8) is 0 Å². The molecule has 0 spiro atoms. The van der Waals surface area contributed by atoms with Gasteiger partial charge >= 0.3 is 0 Å². The minimum Gasteiger partial charge on any atom is -0.383 e. The SMILES string of the molecule is COCCN1CCC(Nc2nc3ccccc3c(=O)[nH]2)CC1. The van der Waals surface area contributed by atoms with Gasteiger partial charge in [0.25, 0.3) is 5.56 Å². The van der Waals surface area contributed by atoms with E-state index in [1.165, 1.54) is 0 Å². The number of methoxy groups -OCH3 is 1. The van der Waals surface area contributed by atoms with Crippen molar-refractivity contribution in [3.8, 4) is 0 Å². The van der Waals surface area contributed by atoms with Gasteiger partial charge in [0.1, 0.15) is 0 Å². The molecule has 0 amide bonds. The number of hydrogen-bond donors (Lipinski definition) is 2. The lowest BCUT2D eigenvalue weighted by Crippen LogP contribution is -2.40. The lowest BCUT2D eigenvalue weighted by atomic mass is 10.1. The third-order valence-electron chi connectivity index (χ3n) is 4.15. The predicted octanol–water partition coefficient (Wildman–Crippen LogP) is 1.45. The third-order valence-corrected chi connectivity index (χ3v) is 4.15. The number of hydrogen-bond acceptors (Lipinski definition) is 5. The van der Waals surface area contributed by atoms with Gasteiger partial charge in [-0.05, 0) is 25.0 Å². The Labute approximate surface area is 129 Å². The molecule has 1 aliphatic rings. The number of rotatable bonds is 5. The maximum absolute atomic E-state index is 12.1. The highest BCUT2D eigenvalue weighted by molar-refractivity contribution is 5.78. The normalized spacial score (nSPS) is 17.0. The van der Waals surface area contributed by atoms with E-state index in [-0.39, 0.29) is 5.56 Å². The van der Waals surface area contributed by atoms with Crippen LogP contribution in [0.5, 0.6) is 0 Å². The van der Waals surface area contributed by atoms with Gasteiger partial charge in [-0.15, -0.1) is 0 Å². The molecule has 6 nitrogen and oxygen atoms in total. The van der Waals surface area contributed by atoms with Crippen LogP contribution >= 0.6 is 0 Å². The number of benzene rings is 1. The predicted molar refractivity (Wildman–Crippen MR) is 87.3 cm³/mol. The summed E-state index contributed by atoms with van der Waals surface area (Å²) < 4.78 is 5.11. The molecule has 118 valence electrons. The third kappa shape index (κ3) is 3.45. The molecule has 0 atom stereocenters. The molecule has 0 radical (unpaired) electrons. The number of anilines is 1. The number of likely N-dealkylation sites (tertiary alicyclic amines) is 1. The summed E-state index contributed by atoms with van der Waals surface area (Å²) in [5.74, 6) is 0.569. The van der Waals surface area contributed by atoms with Gasteiger partial charge in [0.2, 0.25) is 5.95 Å². The van der Waals surface area contributed by atoms with E-state index in [1.54, 1.807) is 13.2 Å². The number of piperidine rings is 1. The lowest BCUT2D eigenvalue weighted by molar-refractivity contribution is 0.132. The standard InChI is InChI=1S/C16H22N4O2/c1-22-11-10-20-8-6-12(7-9-20)17-16-18-14-5-3-2-4-13(14)15(21)19-16/h2-5,12H,6-11H2,1H3,(H2,17,18,19,21). The maximum Gasteiger partial charge on any atom is 0.260 e. The van der Waals surface area contributed by atoms with Gasteiger partial charge in [-0.25, -0.2) is 4.98 Å². The smallest absolute Gasteiger partial charge is 0.260 e. The highest BCUT2D eigenvalue weighted by Crippen LogP contribution is 2.15. The summed E-state index contributed by atoms with van der Waals surface area (Å²) in [6.45, 7) is 3.84. The second-order valence-corrected chi connectivity index (χ2v) is 5.68. The number of aromatic amines is 1. The zero-order valence-corrected chi connectivity index (χ0v) is 12.8. The number of H-pyrrole nitrogens is 1. The topological polar surface area (TPSA) is 70.2 Å². The Hall–Kier alpha value is -1.92. The van der Waals surface area contributed by atoms with Crippen molar-refractivity contribution < 1.29 is 4.74 Å². The van der Waals surface area contributed by atoms with Crippen LogP contribution in [0.2, 0.25) is 0 Å². The van der Waals surface area contributed by atoms with Crippen LogP contribution in [-0.4, -0.2) is 54.3 Å². The summed E-state index contributed by atoms with van der Waals surface area (Å²) in [6.07, 6.45) is 2.08. The Morgan fingerprint density at radius 2 is 2.14 bits per heavy atom. The van der Waals surface area contributed by atoms with Gasteiger partial charge in [-0.2, -0.15) is 0 Å². The summed E-state index contributed by atoms with van der Waals surface area (Å²) in [5.41, 5.74) is 0.636. The molecule has 22 heavy (non-hydrogen) atoms. The van der Waals surface area contributed by atoms with Crippen LogP contribution in [-0.2, 0) is 4.74 Å². The monoisotopic (exact) mass is 302 g/mol. The first-order valence-corrected chi connectivity index (χ1v) is 7.73. The molecule has 1 aromatic carbocycles. The first kappa shape index (κ1) is 15.0. The van der Waals surface area contributed by atoms with Crippen molar-refractivity contribution in [1.29, 1.82) is 0 Å². The highest BCUT2D eigenvalue weighted by atomic mass is 16.5. The first-order chi connectivity index (χ1) is 10.8. The highest BCUT2D eigenvalue weighted by Gasteiger charge is 2.19. The largest absolute Gasteiger partial charge is 0.383 e. The van der Waals surface area contributed by atoms with E-state index in [9.17, 15) is 4.79 Å². The zero-order chi connectivity index (χ0) is 15.4. The van der Waals surface area contributed by atoms with Gasteiger partial charge in [-0.3, -0.25) is 9.78 Å². The van der Waals surface area contributed by atoms with Gasteiger partial charge in [-0.1, -0.05) is 12.1 Å². The quantitative estimate of drug-likeness (QED) is 0.875. The van der Waals surface area contributed by atoms with Crippen molar-refractivity contribution >= 4 is 16.9 Å². The van der Waals surface area contributed by atoms with E-state index in [4.69, 9.17) is 4.74 Å². The Morgan fingerprint density at radius 1 is 1.36 bits per heavy atom. The van der Waals surface area contributed by atoms with Gasteiger partial charge < -0.3 is 15.0 Å².